The molecular weight excluding hydrogens is 412 g/mol. The number of fused-ring (bicyclic) bond motifs is 1. The van der Waals surface area contributed by atoms with Gasteiger partial charge >= 0.3 is 5.97 Å². The number of piperazine rings is 1. The summed E-state index contributed by atoms with van der Waals surface area (Å²) in [7, 11) is 2.16. The molecule has 0 amide bonds. The normalized spacial score (nSPS) is 15.5. The first-order valence-electron chi connectivity index (χ1n) is 10.8. The molecule has 2 heterocycles. The van der Waals surface area contributed by atoms with E-state index < -0.39 is 0 Å². The van der Waals surface area contributed by atoms with Crippen molar-refractivity contribution in [2.24, 2.45) is 0 Å². The molecule has 0 aliphatic carbocycles. The smallest absolute Gasteiger partial charge is 0.338 e. The molecule has 0 N–H and O–H groups in total. The van der Waals surface area contributed by atoms with E-state index in [9.17, 15) is 4.79 Å². The van der Waals surface area contributed by atoms with Gasteiger partial charge in [-0.05, 0) is 44.7 Å². The van der Waals surface area contributed by atoms with Crippen LogP contribution in [-0.4, -0.2) is 71.9 Å². The van der Waals surface area contributed by atoms with Gasteiger partial charge in [0.15, 0.2) is 0 Å². The fraction of sp³-hybridized carbons (Fsp3) is 0.417. The number of benzene rings is 2. The van der Waals surface area contributed by atoms with Crippen molar-refractivity contribution in [3.63, 3.8) is 0 Å². The van der Waals surface area contributed by atoms with Crippen LogP contribution >= 0.6 is 11.6 Å². The zero-order valence-corrected chi connectivity index (χ0v) is 19.2. The molecule has 1 aromatic heterocycles. The first kappa shape index (κ1) is 21.8. The van der Waals surface area contributed by atoms with Crippen LogP contribution in [0.4, 0.5) is 0 Å². The molecule has 3 aromatic rings. The molecule has 2 aromatic carbocycles. The minimum Gasteiger partial charge on any atom is -0.462 e. The number of hydrogen-bond donors (Lipinski definition) is 0. The number of nitrogens with zero attached hydrogens (tertiary/aromatic N) is 4. The van der Waals surface area contributed by atoms with Crippen molar-refractivity contribution in [2.45, 2.75) is 20.4 Å². The third kappa shape index (κ3) is 4.61. The summed E-state index contributed by atoms with van der Waals surface area (Å²) in [5.41, 5.74) is 4.14. The minimum absolute atomic E-state index is 0.327. The largest absolute Gasteiger partial charge is 0.462 e. The number of carbonyl (C=O) groups is 1. The zero-order chi connectivity index (χ0) is 22.0. The quantitative estimate of drug-likeness (QED) is 0.540. The highest BCUT2D eigenvalue weighted by Gasteiger charge is 2.23. The van der Waals surface area contributed by atoms with Crippen LogP contribution in [0.15, 0.2) is 36.4 Å². The summed E-state index contributed by atoms with van der Waals surface area (Å²) in [6, 6.07) is 11.6. The summed E-state index contributed by atoms with van der Waals surface area (Å²) in [5, 5.41) is 6.32. The van der Waals surface area contributed by atoms with E-state index >= 15 is 0 Å². The first-order valence-corrected chi connectivity index (χ1v) is 11.2. The van der Waals surface area contributed by atoms with Gasteiger partial charge in [-0.3, -0.25) is 9.58 Å². The maximum absolute atomic E-state index is 12.7. The second kappa shape index (κ2) is 9.39. The SMILES string of the molecule is CCOC(=O)c1cccc2nn(CCN3CCN(C)CC3)c(-c3ccc(C)cc3Cl)c12. The molecule has 1 aliphatic heterocycles. The number of carbonyl (C=O) groups excluding carboxylic acids is 1. The van der Waals surface area contributed by atoms with Crippen LogP contribution in [0.3, 0.4) is 0 Å². The van der Waals surface area contributed by atoms with Gasteiger partial charge in [0.05, 0.1) is 34.9 Å². The van der Waals surface area contributed by atoms with E-state index in [1.54, 1.807) is 6.07 Å². The maximum atomic E-state index is 12.7. The topological polar surface area (TPSA) is 50.6 Å². The summed E-state index contributed by atoms with van der Waals surface area (Å²) >= 11 is 6.68. The van der Waals surface area contributed by atoms with Crippen LogP contribution in [-0.2, 0) is 11.3 Å². The van der Waals surface area contributed by atoms with E-state index in [2.05, 4.69) is 16.8 Å². The fourth-order valence-electron chi connectivity index (χ4n) is 4.12. The van der Waals surface area contributed by atoms with Crippen molar-refractivity contribution in [1.29, 1.82) is 0 Å². The van der Waals surface area contributed by atoms with Gasteiger partial charge in [0.1, 0.15) is 0 Å². The number of aryl methyl sites for hydroxylation is 1. The van der Waals surface area contributed by atoms with Crippen molar-refractivity contribution in [1.82, 2.24) is 19.6 Å². The molecular formula is C24H29ClN4O2. The molecule has 4 rings (SSSR count). The van der Waals surface area contributed by atoms with Crippen molar-refractivity contribution < 1.29 is 9.53 Å². The third-order valence-corrected chi connectivity index (χ3v) is 6.18. The average Bonchev–Trinajstić information content (AvgIpc) is 3.12. The molecule has 0 radical (unpaired) electrons. The van der Waals surface area contributed by atoms with E-state index in [0.29, 0.717) is 17.2 Å². The van der Waals surface area contributed by atoms with Gasteiger partial charge in [0, 0.05) is 43.7 Å². The van der Waals surface area contributed by atoms with Crippen molar-refractivity contribution in [2.75, 3.05) is 46.4 Å². The lowest BCUT2D eigenvalue weighted by Crippen LogP contribution is -2.45. The summed E-state index contributed by atoms with van der Waals surface area (Å²) in [5.74, 6) is -0.337. The summed E-state index contributed by atoms with van der Waals surface area (Å²) in [6.45, 7) is 10.0. The Hall–Kier alpha value is -2.41. The molecule has 0 atom stereocenters. The average molecular weight is 441 g/mol. The van der Waals surface area contributed by atoms with Gasteiger partial charge in [0.25, 0.3) is 0 Å². The monoisotopic (exact) mass is 440 g/mol. The third-order valence-electron chi connectivity index (χ3n) is 5.86. The van der Waals surface area contributed by atoms with Crippen LogP contribution < -0.4 is 0 Å². The van der Waals surface area contributed by atoms with Gasteiger partial charge in [0.2, 0.25) is 0 Å². The maximum Gasteiger partial charge on any atom is 0.338 e. The van der Waals surface area contributed by atoms with Crippen LogP contribution in [0.5, 0.6) is 0 Å². The van der Waals surface area contributed by atoms with E-state index in [0.717, 1.165) is 67.0 Å². The standard InChI is InChI=1S/C24H29ClN4O2/c1-4-31-24(30)19-6-5-7-21-22(19)23(18-9-8-17(2)16-20(18)25)29(26-21)15-14-28-12-10-27(3)11-13-28/h5-9,16H,4,10-15H2,1-3H3. The molecule has 0 unspecified atom stereocenters. The number of halogens is 1. The summed E-state index contributed by atoms with van der Waals surface area (Å²) < 4.78 is 7.33. The van der Waals surface area contributed by atoms with Crippen LogP contribution in [0.2, 0.25) is 5.02 Å². The molecule has 0 bridgehead atoms. The lowest BCUT2D eigenvalue weighted by Gasteiger charge is -2.32. The second-order valence-electron chi connectivity index (χ2n) is 8.12. The Bertz CT molecular complexity index is 1090. The van der Waals surface area contributed by atoms with E-state index in [-0.39, 0.29) is 5.97 Å². The van der Waals surface area contributed by atoms with Crippen LogP contribution in [0.25, 0.3) is 22.2 Å². The molecule has 1 fully saturated rings. The highest BCUT2D eigenvalue weighted by molar-refractivity contribution is 6.33. The summed E-state index contributed by atoms with van der Waals surface area (Å²) in [4.78, 5) is 17.5. The number of aromatic nitrogens is 2. The zero-order valence-electron chi connectivity index (χ0n) is 18.4. The Balaban J connectivity index is 1.79. The Labute approximate surface area is 188 Å². The van der Waals surface area contributed by atoms with Gasteiger partial charge in [-0.25, -0.2) is 4.79 Å². The van der Waals surface area contributed by atoms with Crippen molar-refractivity contribution in [3.8, 4) is 11.3 Å². The van der Waals surface area contributed by atoms with E-state index in [1.807, 2.05) is 48.9 Å². The van der Waals surface area contributed by atoms with Gasteiger partial charge in [-0.15, -0.1) is 0 Å². The number of hydrogen-bond acceptors (Lipinski definition) is 5. The Morgan fingerprint density at radius 2 is 1.90 bits per heavy atom. The number of esters is 1. The Morgan fingerprint density at radius 3 is 2.61 bits per heavy atom. The number of rotatable bonds is 6. The van der Waals surface area contributed by atoms with Gasteiger partial charge < -0.3 is 9.64 Å². The van der Waals surface area contributed by atoms with Crippen LogP contribution in [0.1, 0.15) is 22.8 Å². The second-order valence-corrected chi connectivity index (χ2v) is 8.53. The molecule has 0 spiro atoms. The lowest BCUT2D eigenvalue weighted by molar-refractivity contribution is 0.0528. The molecule has 1 aliphatic rings. The molecule has 164 valence electrons. The molecule has 1 saturated heterocycles. The predicted octanol–water partition coefficient (Wildman–Crippen LogP) is 4.09. The van der Waals surface area contributed by atoms with E-state index in [1.165, 1.54) is 0 Å². The first-order chi connectivity index (χ1) is 15.0. The number of ether oxygens (including phenoxy) is 1. The molecule has 31 heavy (non-hydrogen) atoms. The minimum atomic E-state index is -0.337. The predicted molar refractivity (Wildman–Crippen MR) is 125 cm³/mol. The molecule has 0 saturated carbocycles. The van der Waals surface area contributed by atoms with Crippen molar-refractivity contribution >= 4 is 28.5 Å². The number of likely N-dealkylation sites (N-methyl/N-ethyl adjacent to an activating group) is 1. The van der Waals surface area contributed by atoms with Gasteiger partial charge in [-0.2, -0.15) is 5.10 Å². The fourth-order valence-corrected chi connectivity index (χ4v) is 4.44. The highest BCUT2D eigenvalue weighted by Crippen LogP contribution is 2.36. The highest BCUT2D eigenvalue weighted by atomic mass is 35.5. The van der Waals surface area contributed by atoms with E-state index in [4.69, 9.17) is 21.4 Å². The molecule has 7 heteroatoms. The van der Waals surface area contributed by atoms with Gasteiger partial charge in [-0.1, -0.05) is 29.8 Å². The Morgan fingerprint density at radius 1 is 1.13 bits per heavy atom. The Kier molecular flexibility index (Phi) is 6.60. The lowest BCUT2D eigenvalue weighted by atomic mass is 10.0. The summed E-state index contributed by atoms with van der Waals surface area (Å²) in [6.07, 6.45) is 0. The van der Waals surface area contributed by atoms with Crippen LogP contribution in [0, 0.1) is 6.92 Å². The molecule has 6 nitrogen and oxygen atoms in total. The van der Waals surface area contributed by atoms with Crippen molar-refractivity contribution in [3.05, 3.63) is 52.5 Å².